The third-order valence-electron chi connectivity index (χ3n) is 5.32. The molecule has 0 atom stereocenters. The summed E-state index contributed by atoms with van der Waals surface area (Å²) in [4.78, 5) is 0. The number of rotatable bonds is 14. The van der Waals surface area contributed by atoms with Crippen LogP contribution in [0.4, 0.5) is 0 Å². The van der Waals surface area contributed by atoms with E-state index in [0.717, 1.165) is 0 Å². The Morgan fingerprint density at radius 1 is 0.414 bits per heavy atom. The van der Waals surface area contributed by atoms with E-state index < -0.39 is 0 Å². The molecule has 0 N–H and O–H groups in total. The fourth-order valence-corrected chi connectivity index (χ4v) is 3.51. The molecule has 0 heterocycles. The van der Waals surface area contributed by atoms with Crippen LogP contribution in [-0.4, -0.2) is 0 Å². The first-order valence-corrected chi connectivity index (χ1v) is 11.9. The summed E-state index contributed by atoms with van der Waals surface area (Å²) in [7, 11) is 0. The van der Waals surface area contributed by atoms with Gasteiger partial charge in [-0.2, -0.15) is 0 Å². The summed E-state index contributed by atoms with van der Waals surface area (Å²) in [5.41, 5.74) is 2.98. The van der Waals surface area contributed by atoms with Gasteiger partial charge in [0.2, 0.25) is 0 Å². The van der Waals surface area contributed by atoms with Crippen molar-refractivity contribution in [2.45, 2.75) is 104 Å². The zero-order valence-corrected chi connectivity index (χ0v) is 20.4. The van der Waals surface area contributed by atoms with Gasteiger partial charge in [-0.3, -0.25) is 0 Å². The zero-order chi connectivity index (χ0) is 20.1. The number of unbranched alkanes of at least 4 members (excludes halogenated alkanes) is 10. The molecule has 0 saturated carbocycles. The summed E-state index contributed by atoms with van der Waals surface area (Å²) in [6, 6.07) is 21.6. The monoisotopic (exact) mass is 432 g/mol. The summed E-state index contributed by atoms with van der Waals surface area (Å²) in [6.07, 6.45) is 19.2. The molecule has 0 aliphatic carbocycles. The second kappa shape index (κ2) is 21.7. The van der Waals surface area contributed by atoms with Crippen LogP contribution < -0.4 is 0 Å². The standard InChI is InChI=1S/2C14H22.Cr/c2*1-2-3-4-5-6-8-11-14-12-9-7-10-13-14;/h2*7,9-10,12-13H,2-6,8,11H2,1H3;. The van der Waals surface area contributed by atoms with Crippen LogP contribution >= 0.6 is 0 Å². The number of hydrogen-bond donors (Lipinski definition) is 0. The van der Waals surface area contributed by atoms with Gasteiger partial charge in [0.15, 0.2) is 0 Å². The summed E-state index contributed by atoms with van der Waals surface area (Å²) < 4.78 is 0. The van der Waals surface area contributed by atoms with Crippen LogP contribution in [0.3, 0.4) is 0 Å². The van der Waals surface area contributed by atoms with E-state index in [2.05, 4.69) is 74.5 Å². The Bertz CT molecular complexity index is 483. The van der Waals surface area contributed by atoms with E-state index >= 15 is 0 Å². The first-order chi connectivity index (χ1) is 13.9. The Kier molecular flexibility index (Phi) is 20.9. The topological polar surface area (TPSA) is 0 Å². The Balaban J connectivity index is 0.000000523. The van der Waals surface area contributed by atoms with Crippen molar-refractivity contribution in [3.8, 4) is 0 Å². The predicted molar refractivity (Wildman–Crippen MR) is 127 cm³/mol. The molecule has 2 aromatic carbocycles. The molecule has 0 spiro atoms. The van der Waals surface area contributed by atoms with Gasteiger partial charge in [-0.15, -0.1) is 0 Å². The van der Waals surface area contributed by atoms with Gasteiger partial charge in [-0.05, 0) is 36.8 Å². The third kappa shape index (κ3) is 17.5. The van der Waals surface area contributed by atoms with Crippen LogP contribution in [0.2, 0.25) is 0 Å². The van der Waals surface area contributed by atoms with E-state index in [1.807, 2.05) is 0 Å². The van der Waals surface area contributed by atoms with E-state index in [9.17, 15) is 0 Å². The number of aryl methyl sites for hydroxylation is 2. The van der Waals surface area contributed by atoms with E-state index in [4.69, 9.17) is 0 Å². The van der Waals surface area contributed by atoms with Crippen molar-refractivity contribution in [1.82, 2.24) is 0 Å². The smallest absolute Gasteiger partial charge is 0 e. The number of benzene rings is 2. The second-order valence-corrected chi connectivity index (χ2v) is 8.01. The number of hydrogen-bond acceptors (Lipinski definition) is 0. The van der Waals surface area contributed by atoms with Gasteiger partial charge in [0.05, 0.1) is 0 Å². The van der Waals surface area contributed by atoms with Crippen LogP contribution in [0.1, 0.15) is 102 Å². The van der Waals surface area contributed by atoms with Crippen LogP contribution in [0.25, 0.3) is 0 Å². The summed E-state index contributed by atoms with van der Waals surface area (Å²) in [6.45, 7) is 4.54. The molecule has 0 aliphatic heterocycles. The molecule has 0 aromatic heterocycles. The Morgan fingerprint density at radius 2 is 0.724 bits per heavy atom. The molecule has 0 radical (unpaired) electrons. The quantitative estimate of drug-likeness (QED) is 0.261. The molecule has 162 valence electrons. The molecule has 0 unspecified atom stereocenters. The molecule has 0 amide bonds. The summed E-state index contributed by atoms with van der Waals surface area (Å²) in [5.74, 6) is 0. The van der Waals surface area contributed by atoms with Gasteiger partial charge in [0.25, 0.3) is 0 Å². The van der Waals surface area contributed by atoms with E-state index in [-0.39, 0.29) is 17.4 Å². The summed E-state index contributed by atoms with van der Waals surface area (Å²) in [5, 5.41) is 0. The zero-order valence-electron chi connectivity index (χ0n) is 19.1. The fourth-order valence-electron chi connectivity index (χ4n) is 3.51. The molecule has 1 heteroatoms. The average molecular weight is 433 g/mol. The van der Waals surface area contributed by atoms with Crippen LogP contribution in [0.5, 0.6) is 0 Å². The maximum atomic E-state index is 2.27. The first-order valence-electron chi connectivity index (χ1n) is 11.9. The molecular formula is C28H44Cr. The van der Waals surface area contributed by atoms with Gasteiger partial charge >= 0.3 is 0 Å². The van der Waals surface area contributed by atoms with Crippen molar-refractivity contribution >= 4 is 0 Å². The molecule has 2 aromatic rings. The maximum absolute atomic E-state index is 2.27. The van der Waals surface area contributed by atoms with Gasteiger partial charge in [-0.1, -0.05) is 139 Å². The van der Waals surface area contributed by atoms with Gasteiger partial charge in [-0.25, -0.2) is 0 Å². The molecule has 0 aliphatic rings. The fraction of sp³-hybridized carbons (Fsp3) is 0.571. The molecule has 0 bridgehead atoms. The van der Waals surface area contributed by atoms with Crippen LogP contribution in [0, 0.1) is 0 Å². The SMILES string of the molecule is CCCCCCCCc1ccccc1.CCCCCCCCc1ccccc1.[Cr]. The minimum atomic E-state index is 0. The van der Waals surface area contributed by atoms with Crippen LogP contribution in [-0.2, 0) is 30.2 Å². The van der Waals surface area contributed by atoms with Crippen LogP contribution in [0.15, 0.2) is 60.7 Å². The first kappa shape index (κ1) is 28.0. The van der Waals surface area contributed by atoms with E-state index in [1.54, 1.807) is 0 Å². The Labute approximate surface area is 192 Å². The summed E-state index contributed by atoms with van der Waals surface area (Å²) >= 11 is 0. The largest absolute Gasteiger partial charge is 0.0654 e. The minimum absolute atomic E-state index is 0. The van der Waals surface area contributed by atoms with Crippen molar-refractivity contribution in [3.05, 3.63) is 71.8 Å². The minimum Gasteiger partial charge on any atom is -0.0654 e. The normalized spacial score (nSPS) is 10.0. The van der Waals surface area contributed by atoms with Gasteiger partial charge in [0, 0.05) is 17.4 Å². The average Bonchev–Trinajstić information content (AvgIpc) is 2.75. The molecular weight excluding hydrogens is 388 g/mol. The van der Waals surface area contributed by atoms with Crippen molar-refractivity contribution in [3.63, 3.8) is 0 Å². The molecule has 0 saturated heterocycles. The van der Waals surface area contributed by atoms with E-state index in [1.165, 1.54) is 101 Å². The van der Waals surface area contributed by atoms with Gasteiger partial charge in [0.1, 0.15) is 0 Å². The predicted octanol–water partition coefficient (Wildman–Crippen LogP) is 9.18. The Morgan fingerprint density at radius 3 is 1.07 bits per heavy atom. The molecule has 0 nitrogen and oxygen atoms in total. The van der Waals surface area contributed by atoms with Gasteiger partial charge < -0.3 is 0 Å². The Hall–Kier alpha value is -1.03. The van der Waals surface area contributed by atoms with Crippen molar-refractivity contribution < 1.29 is 17.4 Å². The molecule has 2 rings (SSSR count). The second-order valence-electron chi connectivity index (χ2n) is 8.01. The maximum Gasteiger partial charge on any atom is 0 e. The van der Waals surface area contributed by atoms with Crippen molar-refractivity contribution in [1.29, 1.82) is 0 Å². The van der Waals surface area contributed by atoms with Crippen molar-refractivity contribution in [2.24, 2.45) is 0 Å². The van der Waals surface area contributed by atoms with E-state index in [0.29, 0.717) is 0 Å². The van der Waals surface area contributed by atoms with Crippen molar-refractivity contribution in [2.75, 3.05) is 0 Å². The molecule has 0 fully saturated rings. The third-order valence-corrected chi connectivity index (χ3v) is 5.32. The molecule has 29 heavy (non-hydrogen) atoms.